The van der Waals surface area contributed by atoms with E-state index in [1.54, 1.807) is 4.90 Å². The number of carbonyl (C=O) groups is 2. The fraction of sp³-hybridized carbons (Fsp3) is 0.556. The second-order valence-corrected chi connectivity index (χ2v) is 6.54. The minimum Gasteiger partial charge on any atom is -0.364 e. The number of ether oxygens (including phenoxy) is 1. The molecule has 3 rings (SSSR count). The number of hydrogen-bond donors (Lipinski definition) is 2. The highest BCUT2D eigenvalue weighted by atomic mass is 35.5. The van der Waals surface area contributed by atoms with Crippen molar-refractivity contribution in [3.05, 3.63) is 30.3 Å². The topological polar surface area (TPSA) is 84.7 Å². The first-order valence-corrected chi connectivity index (χ1v) is 8.67. The van der Waals surface area contributed by atoms with Crippen molar-refractivity contribution in [2.75, 3.05) is 25.0 Å². The number of nitrogens with one attached hydrogen (secondary N) is 1. The lowest BCUT2D eigenvalue weighted by Crippen LogP contribution is -2.47. The third-order valence-corrected chi connectivity index (χ3v) is 4.79. The number of para-hydroxylation sites is 1. The fourth-order valence-electron chi connectivity index (χ4n) is 3.42. The Kier molecular flexibility index (Phi) is 7.23. The molecule has 138 valence electrons. The Balaban J connectivity index is 0.00000225. The molecule has 2 saturated heterocycles. The average molecular weight is 368 g/mol. The van der Waals surface area contributed by atoms with Crippen LogP contribution in [-0.2, 0) is 14.3 Å². The van der Waals surface area contributed by atoms with E-state index in [1.165, 1.54) is 0 Å². The van der Waals surface area contributed by atoms with Gasteiger partial charge in [-0.3, -0.25) is 9.59 Å². The van der Waals surface area contributed by atoms with Gasteiger partial charge in [-0.25, -0.2) is 0 Å². The van der Waals surface area contributed by atoms with Crippen molar-refractivity contribution < 1.29 is 14.3 Å². The van der Waals surface area contributed by atoms with Gasteiger partial charge in [-0.2, -0.15) is 0 Å². The van der Waals surface area contributed by atoms with E-state index in [4.69, 9.17) is 10.5 Å². The van der Waals surface area contributed by atoms with Gasteiger partial charge in [-0.1, -0.05) is 18.2 Å². The first-order valence-electron chi connectivity index (χ1n) is 8.67. The molecule has 2 amide bonds. The molecule has 1 aromatic carbocycles. The van der Waals surface area contributed by atoms with E-state index in [2.05, 4.69) is 5.32 Å². The fourth-order valence-corrected chi connectivity index (χ4v) is 3.42. The number of nitrogens with two attached hydrogens (primary N) is 1. The molecule has 2 aliphatic rings. The number of rotatable bonds is 4. The average Bonchev–Trinajstić information content (AvgIpc) is 3.11. The Labute approximate surface area is 154 Å². The van der Waals surface area contributed by atoms with Crippen molar-refractivity contribution >= 4 is 29.9 Å². The van der Waals surface area contributed by atoms with Crippen LogP contribution in [0.3, 0.4) is 0 Å². The molecule has 3 atom stereocenters. The Morgan fingerprint density at radius 1 is 1.20 bits per heavy atom. The smallest absolute Gasteiger partial charge is 0.251 e. The summed E-state index contributed by atoms with van der Waals surface area (Å²) in [5, 5.41) is 2.93. The van der Waals surface area contributed by atoms with Crippen LogP contribution in [0.25, 0.3) is 0 Å². The van der Waals surface area contributed by atoms with Crippen LogP contribution in [0.15, 0.2) is 30.3 Å². The maximum Gasteiger partial charge on any atom is 0.251 e. The second-order valence-electron chi connectivity index (χ2n) is 6.54. The molecule has 1 unspecified atom stereocenters. The zero-order chi connectivity index (χ0) is 16.9. The molecule has 0 aromatic heterocycles. The number of benzene rings is 1. The summed E-state index contributed by atoms with van der Waals surface area (Å²) in [6.07, 6.45) is 2.79. The van der Waals surface area contributed by atoms with Gasteiger partial charge in [-0.05, 0) is 37.8 Å². The molecule has 0 saturated carbocycles. The minimum absolute atomic E-state index is 0. The number of carbonyl (C=O) groups excluding carboxylic acids is 2. The van der Waals surface area contributed by atoms with Crippen LogP contribution in [0.4, 0.5) is 5.69 Å². The maximum absolute atomic E-state index is 12.6. The molecule has 0 radical (unpaired) electrons. The first kappa shape index (κ1) is 19.7. The minimum atomic E-state index is -0.394. The van der Waals surface area contributed by atoms with Gasteiger partial charge in [0, 0.05) is 25.3 Å². The molecule has 2 fully saturated rings. The van der Waals surface area contributed by atoms with Gasteiger partial charge >= 0.3 is 0 Å². The lowest BCUT2D eigenvalue weighted by molar-refractivity contribution is -0.145. The van der Waals surface area contributed by atoms with Crippen molar-refractivity contribution in [3.8, 4) is 0 Å². The largest absolute Gasteiger partial charge is 0.364 e. The van der Waals surface area contributed by atoms with Crippen LogP contribution in [0, 0.1) is 5.92 Å². The summed E-state index contributed by atoms with van der Waals surface area (Å²) in [7, 11) is 0. The zero-order valence-corrected chi connectivity index (χ0v) is 15.0. The quantitative estimate of drug-likeness (QED) is 0.849. The summed E-state index contributed by atoms with van der Waals surface area (Å²) in [5.74, 6) is -0.191. The van der Waals surface area contributed by atoms with E-state index in [0.29, 0.717) is 19.6 Å². The van der Waals surface area contributed by atoms with Gasteiger partial charge in [-0.15, -0.1) is 12.4 Å². The van der Waals surface area contributed by atoms with E-state index >= 15 is 0 Å². The molecule has 2 aliphatic heterocycles. The van der Waals surface area contributed by atoms with E-state index in [-0.39, 0.29) is 36.2 Å². The number of anilines is 1. The maximum atomic E-state index is 12.6. The number of halogens is 1. The standard InChI is InChI=1S/C18H25N3O3.ClH/c19-11-15-8-9-16(24-15)18(23)21-10-4-5-13(12-21)17(22)20-14-6-2-1-3-7-14;/h1-3,6-7,13,15-16H,4-5,8-12,19H2,(H,20,22);1H/t13?,15-,16+;/m1./s1. The van der Waals surface area contributed by atoms with Crippen molar-refractivity contribution in [1.29, 1.82) is 0 Å². The number of hydrogen-bond acceptors (Lipinski definition) is 4. The molecular weight excluding hydrogens is 342 g/mol. The van der Waals surface area contributed by atoms with E-state index in [9.17, 15) is 9.59 Å². The molecule has 6 nitrogen and oxygen atoms in total. The van der Waals surface area contributed by atoms with Crippen LogP contribution in [-0.4, -0.2) is 48.6 Å². The van der Waals surface area contributed by atoms with Crippen LogP contribution in [0.2, 0.25) is 0 Å². The van der Waals surface area contributed by atoms with Gasteiger partial charge in [0.1, 0.15) is 6.10 Å². The molecule has 2 heterocycles. The van der Waals surface area contributed by atoms with Gasteiger partial charge in [0.15, 0.2) is 0 Å². The normalized spacial score (nSPS) is 26.0. The van der Waals surface area contributed by atoms with Crippen molar-refractivity contribution in [1.82, 2.24) is 4.90 Å². The summed E-state index contributed by atoms with van der Waals surface area (Å²) in [5.41, 5.74) is 6.39. The Morgan fingerprint density at radius 3 is 2.64 bits per heavy atom. The van der Waals surface area contributed by atoms with Crippen molar-refractivity contribution in [2.45, 2.75) is 37.9 Å². The molecule has 3 N–H and O–H groups in total. The highest BCUT2D eigenvalue weighted by molar-refractivity contribution is 5.93. The SMILES string of the molecule is Cl.NC[C@H]1CC[C@@H](C(=O)N2CCCC(C(=O)Nc3ccccc3)C2)O1. The third-order valence-electron chi connectivity index (χ3n) is 4.79. The predicted molar refractivity (Wildman–Crippen MR) is 98.6 cm³/mol. The number of likely N-dealkylation sites (tertiary alicyclic amines) is 1. The summed E-state index contributed by atoms with van der Waals surface area (Å²) in [6, 6.07) is 9.41. The van der Waals surface area contributed by atoms with Gasteiger partial charge in [0.25, 0.3) is 5.91 Å². The summed E-state index contributed by atoms with van der Waals surface area (Å²) in [6.45, 7) is 1.61. The highest BCUT2D eigenvalue weighted by Crippen LogP contribution is 2.24. The van der Waals surface area contributed by atoms with Crippen molar-refractivity contribution in [2.24, 2.45) is 11.7 Å². The van der Waals surface area contributed by atoms with E-state index in [0.717, 1.165) is 31.4 Å². The molecule has 0 spiro atoms. The van der Waals surface area contributed by atoms with Gasteiger partial charge < -0.3 is 20.7 Å². The molecule has 7 heteroatoms. The van der Waals surface area contributed by atoms with E-state index < -0.39 is 6.10 Å². The molecule has 0 bridgehead atoms. The Hall–Kier alpha value is -1.63. The van der Waals surface area contributed by atoms with Crippen LogP contribution < -0.4 is 11.1 Å². The molecule has 25 heavy (non-hydrogen) atoms. The summed E-state index contributed by atoms with van der Waals surface area (Å²) >= 11 is 0. The van der Waals surface area contributed by atoms with E-state index in [1.807, 2.05) is 30.3 Å². The van der Waals surface area contributed by atoms with Crippen LogP contribution >= 0.6 is 12.4 Å². The first-order chi connectivity index (χ1) is 11.7. The number of piperidine rings is 1. The lowest BCUT2D eigenvalue weighted by atomic mass is 9.96. The summed E-state index contributed by atoms with van der Waals surface area (Å²) < 4.78 is 5.70. The third kappa shape index (κ3) is 4.93. The van der Waals surface area contributed by atoms with Gasteiger partial charge in [0.05, 0.1) is 12.0 Å². The summed E-state index contributed by atoms with van der Waals surface area (Å²) in [4.78, 5) is 26.9. The van der Waals surface area contributed by atoms with Crippen LogP contribution in [0.5, 0.6) is 0 Å². The number of amides is 2. The Bertz CT molecular complexity index is 584. The van der Waals surface area contributed by atoms with Crippen molar-refractivity contribution in [3.63, 3.8) is 0 Å². The second kappa shape index (κ2) is 9.17. The van der Waals surface area contributed by atoms with Crippen LogP contribution in [0.1, 0.15) is 25.7 Å². The predicted octanol–water partition coefficient (Wildman–Crippen LogP) is 1.79. The molecule has 0 aliphatic carbocycles. The highest BCUT2D eigenvalue weighted by Gasteiger charge is 2.36. The molecular formula is C18H26ClN3O3. The van der Waals surface area contributed by atoms with Gasteiger partial charge in [0.2, 0.25) is 5.91 Å². The lowest BCUT2D eigenvalue weighted by Gasteiger charge is -2.33. The Morgan fingerprint density at radius 2 is 1.96 bits per heavy atom. The monoisotopic (exact) mass is 367 g/mol. The number of nitrogens with zero attached hydrogens (tertiary/aromatic N) is 1. The molecule has 1 aromatic rings. The zero-order valence-electron chi connectivity index (χ0n) is 14.2.